The molecule has 1 heterocycles. The van der Waals surface area contributed by atoms with E-state index in [0.29, 0.717) is 5.75 Å². The third kappa shape index (κ3) is 6.09. The Labute approximate surface area is 175 Å². The maximum absolute atomic E-state index is 14.4. The summed E-state index contributed by atoms with van der Waals surface area (Å²) in [5.41, 5.74) is -1.79. The second-order valence-corrected chi connectivity index (χ2v) is 9.73. The Bertz CT molecular complexity index is 1050. The van der Waals surface area contributed by atoms with Crippen LogP contribution in [0, 0.1) is 5.92 Å². The van der Waals surface area contributed by atoms with Crippen LogP contribution >= 0.6 is 0 Å². The Morgan fingerprint density at radius 1 is 1.30 bits per heavy atom. The molecule has 9 heteroatoms. The van der Waals surface area contributed by atoms with Crippen LogP contribution in [0.1, 0.15) is 42.9 Å². The Morgan fingerprint density at radius 3 is 2.53 bits per heavy atom. The van der Waals surface area contributed by atoms with Crippen LogP contribution in [0.25, 0.3) is 0 Å². The third-order valence-corrected chi connectivity index (χ3v) is 5.10. The van der Waals surface area contributed by atoms with Crippen molar-refractivity contribution >= 4 is 15.7 Å². The number of carbonyl (C=O) groups is 1. The minimum absolute atomic E-state index is 0.0326. The van der Waals surface area contributed by atoms with Crippen molar-refractivity contribution in [2.24, 2.45) is 5.92 Å². The van der Waals surface area contributed by atoms with E-state index >= 15 is 0 Å². The number of nitrogens with one attached hydrogen (secondary N) is 1. The Balaban J connectivity index is 1.90. The quantitative estimate of drug-likeness (QED) is 0.684. The topological polar surface area (TPSA) is 98.2 Å². The SMILES string of the molecule is CC(C)(F)c1ncc(C(=O)N[C@H](/C=C/S(C)(=O)=O)C2CC2)c(Oc2ccccc2)n1. The number of ether oxygens (including phenoxy) is 1. The van der Waals surface area contributed by atoms with Crippen molar-refractivity contribution in [2.75, 3.05) is 6.26 Å². The van der Waals surface area contributed by atoms with Gasteiger partial charge >= 0.3 is 0 Å². The first-order chi connectivity index (χ1) is 14.0. The lowest BCUT2D eigenvalue weighted by Gasteiger charge is -2.18. The number of sulfone groups is 1. The molecule has 3 rings (SSSR count). The molecule has 30 heavy (non-hydrogen) atoms. The molecule has 0 aliphatic heterocycles. The lowest BCUT2D eigenvalue weighted by atomic mass is 10.1. The van der Waals surface area contributed by atoms with Crippen molar-refractivity contribution in [1.82, 2.24) is 15.3 Å². The van der Waals surface area contributed by atoms with Crippen LogP contribution in [-0.4, -0.2) is 36.6 Å². The third-order valence-electron chi connectivity index (χ3n) is 4.45. The van der Waals surface area contributed by atoms with Crippen LogP contribution in [-0.2, 0) is 15.5 Å². The first-order valence-corrected chi connectivity index (χ1v) is 11.5. The molecule has 0 bridgehead atoms. The zero-order valence-corrected chi connectivity index (χ0v) is 17.8. The second kappa shape index (κ2) is 8.51. The summed E-state index contributed by atoms with van der Waals surface area (Å²) in [5.74, 6) is -0.116. The van der Waals surface area contributed by atoms with Crippen LogP contribution in [0.4, 0.5) is 4.39 Å². The zero-order valence-electron chi connectivity index (χ0n) is 17.0. The van der Waals surface area contributed by atoms with E-state index in [-0.39, 0.29) is 23.2 Å². The van der Waals surface area contributed by atoms with E-state index in [2.05, 4.69) is 15.3 Å². The summed E-state index contributed by atoms with van der Waals surface area (Å²) in [6, 6.07) is 8.25. The average Bonchev–Trinajstić information content (AvgIpc) is 3.49. The Morgan fingerprint density at radius 2 is 1.97 bits per heavy atom. The van der Waals surface area contributed by atoms with E-state index in [4.69, 9.17) is 4.74 Å². The molecule has 0 radical (unpaired) electrons. The van der Waals surface area contributed by atoms with Gasteiger partial charge in [0.05, 0.1) is 6.04 Å². The van der Waals surface area contributed by atoms with Gasteiger partial charge in [0, 0.05) is 17.9 Å². The van der Waals surface area contributed by atoms with Gasteiger partial charge in [0.1, 0.15) is 11.3 Å². The number of hydrogen-bond donors (Lipinski definition) is 1. The Kier molecular flexibility index (Phi) is 6.21. The molecular weight excluding hydrogens is 409 g/mol. The van der Waals surface area contributed by atoms with Gasteiger partial charge < -0.3 is 10.1 Å². The van der Waals surface area contributed by atoms with Gasteiger partial charge in [-0.2, -0.15) is 4.98 Å². The largest absolute Gasteiger partial charge is 0.438 e. The van der Waals surface area contributed by atoms with Gasteiger partial charge in [-0.1, -0.05) is 24.3 Å². The maximum atomic E-state index is 14.4. The highest BCUT2D eigenvalue weighted by Crippen LogP contribution is 2.34. The summed E-state index contributed by atoms with van der Waals surface area (Å²) in [6.07, 6.45) is 5.56. The molecule has 1 saturated carbocycles. The molecule has 0 unspecified atom stereocenters. The molecule has 1 amide bonds. The molecule has 160 valence electrons. The van der Waals surface area contributed by atoms with Crippen LogP contribution in [0.2, 0.25) is 0 Å². The molecule has 7 nitrogen and oxygen atoms in total. The molecule has 2 aromatic rings. The number of benzene rings is 1. The summed E-state index contributed by atoms with van der Waals surface area (Å²) in [6.45, 7) is 2.63. The molecule has 1 aromatic carbocycles. The summed E-state index contributed by atoms with van der Waals surface area (Å²) in [4.78, 5) is 21.1. The van der Waals surface area contributed by atoms with Crippen molar-refractivity contribution in [1.29, 1.82) is 0 Å². The number of carbonyl (C=O) groups excluding carboxylic acids is 1. The summed E-state index contributed by atoms with van der Waals surface area (Å²) in [7, 11) is -3.32. The van der Waals surface area contributed by atoms with Gasteiger partial charge in [0.2, 0.25) is 5.88 Å². The van der Waals surface area contributed by atoms with Gasteiger partial charge in [-0.25, -0.2) is 17.8 Å². The highest BCUT2D eigenvalue weighted by Gasteiger charge is 2.32. The van der Waals surface area contributed by atoms with Gasteiger partial charge in [-0.15, -0.1) is 0 Å². The van der Waals surface area contributed by atoms with Gasteiger partial charge in [0.15, 0.2) is 21.3 Å². The maximum Gasteiger partial charge on any atom is 0.258 e. The van der Waals surface area contributed by atoms with Crippen LogP contribution < -0.4 is 10.1 Å². The number of para-hydroxylation sites is 1. The molecule has 1 aliphatic rings. The van der Waals surface area contributed by atoms with E-state index in [9.17, 15) is 17.6 Å². The molecular formula is C21H24FN3O4S. The highest BCUT2D eigenvalue weighted by molar-refractivity contribution is 7.93. The van der Waals surface area contributed by atoms with E-state index in [1.54, 1.807) is 24.3 Å². The van der Waals surface area contributed by atoms with Crippen molar-refractivity contribution in [3.05, 3.63) is 59.4 Å². The van der Waals surface area contributed by atoms with Crippen molar-refractivity contribution < 1.29 is 22.3 Å². The van der Waals surface area contributed by atoms with E-state index in [0.717, 1.165) is 24.5 Å². The molecule has 1 fully saturated rings. The van der Waals surface area contributed by atoms with Crippen LogP contribution in [0.3, 0.4) is 0 Å². The number of amides is 1. The molecule has 0 saturated heterocycles. The average molecular weight is 434 g/mol. The second-order valence-electron chi connectivity index (χ2n) is 7.79. The smallest absolute Gasteiger partial charge is 0.258 e. The van der Waals surface area contributed by atoms with Crippen LogP contribution in [0.5, 0.6) is 11.6 Å². The first-order valence-electron chi connectivity index (χ1n) is 9.51. The van der Waals surface area contributed by atoms with Gasteiger partial charge in [0.25, 0.3) is 5.91 Å². The lowest BCUT2D eigenvalue weighted by Crippen LogP contribution is -2.35. The zero-order chi connectivity index (χ0) is 21.9. The fraction of sp³-hybridized carbons (Fsp3) is 0.381. The fourth-order valence-corrected chi connectivity index (χ4v) is 3.18. The number of alkyl halides is 1. The Hall–Kier alpha value is -2.81. The molecule has 1 N–H and O–H groups in total. The van der Waals surface area contributed by atoms with Gasteiger partial charge in [-0.3, -0.25) is 4.79 Å². The van der Waals surface area contributed by atoms with E-state index in [1.807, 2.05) is 6.07 Å². The minimum atomic E-state index is -3.32. The van der Waals surface area contributed by atoms with Crippen LogP contribution in [0.15, 0.2) is 48.0 Å². The standard InChI is InChI=1S/C21H24FN3O4S/c1-21(2,22)20-23-13-16(19(25-20)29-15-7-5-4-6-8-15)18(26)24-17(14-9-10-14)11-12-30(3,27)28/h4-8,11-14,17H,9-10H2,1-3H3,(H,24,26)/b12-11+/t17-/m1/s1. The number of aromatic nitrogens is 2. The lowest BCUT2D eigenvalue weighted by molar-refractivity contribution is 0.0936. The van der Waals surface area contributed by atoms with Crippen molar-refractivity contribution in [2.45, 2.75) is 38.4 Å². The van der Waals surface area contributed by atoms with Crippen molar-refractivity contribution in [3.8, 4) is 11.6 Å². The molecule has 1 aliphatic carbocycles. The summed E-state index contributed by atoms with van der Waals surface area (Å²) in [5, 5.41) is 3.89. The highest BCUT2D eigenvalue weighted by atomic mass is 32.2. The van der Waals surface area contributed by atoms with E-state index < -0.39 is 27.5 Å². The number of hydrogen-bond acceptors (Lipinski definition) is 6. The molecule has 1 atom stereocenters. The predicted molar refractivity (Wildman–Crippen MR) is 111 cm³/mol. The summed E-state index contributed by atoms with van der Waals surface area (Å²) >= 11 is 0. The minimum Gasteiger partial charge on any atom is -0.438 e. The monoisotopic (exact) mass is 433 g/mol. The predicted octanol–water partition coefficient (Wildman–Crippen LogP) is 3.54. The number of nitrogens with zero attached hydrogens (tertiary/aromatic N) is 2. The molecule has 1 aromatic heterocycles. The number of rotatable bonds is 8. The van der Waals surface area contributed by atoms with Gasteiger partial charge in [-0.05, 0) is 44.7 Å². The molecule has 0 spiro atoms. The fourth-order valence-electron chi connectivity index (χ4n) is 2.72. The number of halogens is 1. The van der Waals surface area contributed by atoms with E-state index in [1.165, 1.54) is 26.1 Å². The first kappa shape index (κ1) is 21.9. The van der Waals surface area contributed by atoms with Crippen molar-refractivity contribution in [3.63, 3.8) is 0 Å². The summed E-state index contributed by atoms with van der Waals surface area (Å²) < 4.78 is 43.0. The normalized spacial score (nSPS) is 15.7.